The summed E-state index contributed by atoms with van der Waals surface area (Å²) in [5, 5.41) is 15.6. The summed E-state index contributed by atoms with van der Waals surface area (Å²) in [6.07, 6.45) is 0.873. The maximum atomic E-state index is 4.99. The third-order valence-electron chi connectivity index (χ3n) is 9.77. The third kappa shape index (κ3) is 4.68. The summed E-state index contributed by atoms with van der Waals surface area (Å²) < 4.78 is 2.76. The van der Waals surface area contributed by atoms with Gasteiger partial charge in [-0.15, -0.1) is 0 Å². The molecule has 2 heterocycles. The van der Waals surface area contributed by atoms with E-state index in [2.05, 4.69) is 159 Å². The maximum absolute atomic E-state index is 4.99. The molecule has 0 fully saturated rings. The van der Waals surface area contributed by atoms with Crippen molar-refractivity contribution in [1.82, 2.24) is 15.4 Å². The van der Waals surface area contributed by atoms with Gasteiger partial charge in [-0.05, 0) is 0 Å². The van der Waals surface area contributed by atoms with Crippen molar-refractivity contribution in [3.8, 4) is 65.9 Å². The van der Waals surface area contributed by atoms with Crippen LogP contribution in [0, 0.1) is 13.8 Å². The molecule has 48 heavy (non-hydrogen) atoms. The van der Waals surface area contributed by atoms with Gasteiger partial charge < -0.3 is 0 Å². The molecule has 0 aliphatic heterocycles. The minimum atomic E-state index is 0.140. The second-order valence-corrected chi connectivity index (χ2v) is 14.8. The number of aryl methyl sites for hydroxylation is 1. The van der Waals surface area contributed by atoms with Crippen LogP contribution in [0.25, 0.3) is 75.5 Å². The standard InChI is InChI=1S/C44H31N3Se/c1-27-24-36-33-20-11-9-18-31(33)25-37(36)40(28(27)2)42-43(30-16-7-4-8-17-30)45-47-46-44(42)35-22-13-21-34(29-14-5-3-6-15-29)41(35)39-26-32-19-10-12-23-38(32)48-39/h3-24,26H,25H2,1-2H3. The van der Waals surface area contributed by atoms with E-state index >= 15 is 0 Å². The van der Waals surface area contributed by atoms with Crippen molar-refractivity contribution < 1.29 is 0 Å². The van der Waals surface area contributed by atoms with Crippen molar-refractivity contribution in [1.29, 1.82) is 0 Å². The molecule has 228 valence electrons. The van der Waals surface area contributed by atoms with Crippen LogP contribution in [-0.2, 0) is 6.42 Å². The predicted octanol–water partition coefficient (Wildman–Crippen LogP) is 10.6. The molecule has 0 atom stereocenters. The van der Waals surface area contributed by atoms with Crippen LogP contribution < -0.4 is 0 Å². The Labute approximate surface area is 286 Å². The first-order valence-electron chi connectivity index (χ1n) is 16.3. The van der Waals surface area contributed by atoms with Gasteiger partial charge in [0.05, 0.1) is 0 Å². The molecular weight excluding hydrogens is 649 g/mol. The fourth-order valence-corrected chi connectivity index (χ4v) is 9.77. The van der Waals surface area contributed by atoms with Gasteiger partial charge in [0, 0.05) is 0 Å². The summed E-state index contributed by atoms with van der Waals surface area (Å²) in [5.41, 5.74) is 17.6. The number of benzene rings is 6. The van der Waals surface area contributed by atoms with E-state index in [9.17, 15) is 0 Å². The molecule has 2 aromatic heterocycles. The number of hydrogen-bond acceptors (Lipinski definition) is 3. The number of fused-ring (bicyclic) bond motifs is 4. The monoisotopic (exact) mass is 681 g/mol. The first kappa shape index (κ1) is 28.8. The molecule has 8 aromatic rings. The van der Waals surface area contributed by atoms with Gasteiger partial charge in [-0.1, -0.05) is 0 Å². The van der Waals surface area contributed by atoms with Crippen LogP contribution in [0.4, 0.5) is 0 Å². The van der Waals surface area contributed by atoms with Crippen LogP contribution in [0.3, 0.4) is 0 Å². The predicted molar refractivity (Wildman–Crippen MR) is 199 cm³/mol. The van der Waals surface area contributed by atoms with Crippen LogP contribution in [-0.4, -0.2) is 29.9 Å². The molecule has 1 aliphatic rings. The zero-order chi connectivity index (χ0) is 32.2. The van der Waals surface area contributed by atoms with Crippen LogP contribution in [0.15, 0.2) is 140 Å². The van der Waals surface area contributed by atoms with Gasteiger partial charge in [-0.25, -0.2) is 0 Å². The average Bonchev–Trinajstić information content (AvgIpc) is 3.74. The number of nitrogens with zero attached hydrogens (tertiary/aromatic N) is 3. The van der Waals surface area contributed by atoms with Crippen molar-refractivity contribution in [2.75, 3.05) is 0 Å². The van der Waals surface area contributed by atoms with Gasteiger partial charge in [-0.3, -0.25) is 0 Å². The summed E-state index contributed by atoms with van der Waals surface area (Å²) in [7, 11) is 0. The fourth-order valence-electron chi connectivity index (χ4n) is 7.39. The molecule has 0 amide bonds. The Kier molecular flexibility index (Phi) is 7.00. The van der Waals surface area contributed by atoms with Crippen molar-refractivity contribution >= 4 is 24.1 Å². The van der Waals surface area contributed by atoms with E-state index < -0.39 is 0 Å². The van der Waals surface area contributed by atoms with E-state index in [1.165, 1.54) is 69.7 Å². The topological polar surface area (TPSA) is 38.7 Å². The number of rotatable bonds is 5. The van der Waals surface area contributed by atoms with E-state index in [4.69, 9.17) is 10.2 Å². The molecule has 0 saturated carbocycles. The molecule has 3 nitrogen and oxygen atoms in total. The van der Waals surface area contributed by atoms with Crippen LogP contribution in [0.2, 0.25) is 0 Å². The molecular formula is C44H31N3Se. The van der Waals surface area contributed by atoms with Crippen molar-refractivity contribution in [3.05, 3.63) is 162 Å². The Morgan fingerprint density at radius 2 is 1.19 bits per heavy atom. The molecule has 1 aliphatic carbocycles. The van der Waals surface area contributed by atoms with Crippen LogP contribution in [0.1, 0.15) is 22.3 Å². The van der Waals surface area contributed by atoms with Crippen LogP contribution >= 0.6 is 0 Å². The first-order valence-corrected chi connectivity index (χ1v) is 18.1. The van der Waals surface area contributed by atoms with Gasteiger partial charge in [0.15, 0.2) is 0 Å². The summed E-state index contributed by atoms with van der Waals surface area (Å²) in [5.74, 6) is 0. The van der Waals surface area contributed by atoms with Crippen molar-refractivity contribution in [3.63, 3.8) is 0 Å². The third-order valence-corrected chi connectivity index (χ3v) is 12.1. The first-order chi connectivity index (χ1) is 23.7. The second kappa shape index (κ2) is 11.7. The second-order valence-electron chi connectivity index (χ2n) is 12.5. The van der Waals surface area contributed by atoms with Gasteiger partial charge in [0.2, 0.25) is 0 Å². The van der Waals surface area contributed by atoms with Crippen molar-refractivity contribution in [2.45, 2.75) is 20.3 Å². The SMILES string of the molecule is Cc1cc2c(c(-c3c(-c4ccccc4)nnnc3-c3cccc(-c4ccccc4)c3-c3cc4ccccc4[se]3)c1C)Cc1ccccc1-2. The Balaban J connectivity index is 1.41. The van der Waals surface area contributed by atoms with Gasteiger partial charge in [-0.2, -0.15) is 0 Å². The average molecular weight is 681 g/mol. The normalized spacial score (nSPS) is 11.9. The molecule has 0 saturated heterocycles. The van der Waals surface area contributed by atoms with Gasteiger partial charge >= 0.3 is 288 Å². The number of hydrogen-bond donors (Lipinski definition) is 0. The molecule has 0 N–H and O–H groups in total. The summed E-state index contributed by atoms with van der Waals surface area (Å²) in [6.45, 7) is 4.49. The molecule has 0 bridgehead atoms. The van der Waals surface area contributed by atoms with Crippen molar-refractivity contribution in [2.24, 2.45) is 0 Å². The fraction of sp³-hybridized carbons (Fsp3) is 0.0682. The zero-order valence-electron chi connectivity index (χ0n) is 26.7. The Hall–Kier alpha value is -5.41. The van der Waals surface area contributed by atoms with E-state index in [0.29, 0.717) is 0 Å². The molecule has 9 rings (SSSR count). The Bertz CT molecular complexity index is 2460. The molecule has 0 radical (unpaired) electrons. The van der Waals surface area contributed by atoms with Gasteiger partial charge in [0.1, 0.15) is 0 Å². The van der Waals surface area contributed by atoms with Gasteiger partial charge in [0.25, 0.3) is 0 Å². The molecule has 4 heteroatoms. The van der Waals surface area contributed by atoms with E-state index in [1.807, 2.05) is 0 Å². The molecule has 6 aromatic carbocycles. The minimum absolute atomic E-state index is 0.140. The van der Waals surface area contributed by atoms with Crippen LogP contribution in [0.5, 0.6) is 0 Å². The quantitative estimate of drug-likeness (QED) is 0.170. The van der Waals surface area contributed by atoms with E-state index in [1.54, 1.807) is 0 Å². The number of aromatic nitrogens is 3. The zero-order valence-corrected chi connectivity index (χ0v) is 28.4. The summed E-state index contributed by atoms with van der Waals surface area (Å²) >= 11 is 0.140. The Morgan fingerprint density at radius 1 is 0.521 bits per heavy atom. The summed E-state index contributed by atoms with van der Waals surface area (Å²) in [6, 6.07) is 50.3. The van der Waals surface area contributed by atoms with E-state index in [0.717, 1.165) is 34.5 Å². The molecule has 0 spiro atoms. The Morgan fingerprint density at radius 3 is 2.00 bits per heavy atom. The summed E-state index contributed by atoms with van der Waals surface area (Å²) in [4.78, 5) is 0. The molecule has 0 unspecified atom stereocenters. The van der Waals surface area contributed by atoms with E-state index in [-0.39, 0.29) is 14.5 Å².